The summed E-state index contributed by atoms with van der Waals surface area (Å²) >= 11 is 0. The van der Waals surface area contributed by atoms with Crippen LogP contribution in [0.5, 0.6) is 17.2 Å². The predicted octanol–water partition coefficient (Wildman–Crippen LogP) is 12.9. The van der Waals surface area contributed by atoms with Crippen LogP contribution in [0.2, 0.25) is 0 Å². The van der Waals surface area contributed by atoms with Crippen molar-refractivity contribution in [3.05, 3.63) is 265 Å². The van der Waals surface area contributed by atoms with Gasteiger partial charge in [0, 0.05) is 41.4 Å². The van der Waals surface area contributed by atoms with Crippen LogP contribution in [0.1, 0.15) is 38.9 Å². The number of nitrogens with zero attached hydrogens (tertiary/aromatic N) is 1. The highest BCUT2D eigenvalue weighted by Crippen LogP contribution is 2.37. The van der Waals surface area contributed by atoms with Gasteiger partial charge in [-0.2, -0.15) is 0 Å². The molecule has 0 saturated heterocycles. The lowest BCUT2D eigenvalue weighted by Gasteiger charge is -2.26. The molecule has 0 spiro atoms. The van der Waals surface area contributed by atoms with Crippen LogP contribution in [0, 0.1) is 0 Å². The fraction of sp³-hybridized carbons (Fsp3) is 0.0492. The van der Waals surface area contributed by atoms with Gasteiger partial charge in [-0.3, -0.25) is 0 Å². The maximum atomic E-state index is 12.1. The molecule has 0 aliphatic heterocycles. The zero-order chi connectivity index (χ0) is 50.0. The van der Waals surface area contributed by atoms with Gasteiger partial charge >= 0.3 is 23.9 Å². The van der Waals surface area contributed by atoms with E-state index in [-0.39, 0.29) is 6.79 Å². The second kappa shape index (κ2) is 24.6. The Balaban J connectivity index is 1.24. The van der Waals surface area contributed by atoms with Crippen LogP contribution in [-0.4, -0.2) is 37.3 Å². The smallest absolute Gasteiger partial charge is 0.335 e. The van der Waals surface area contributed by atoms with Crippen molar-refractivity contribution in [1.29, 1.82) is 0 Å². The molecule has 0 aliphatic rings. The fourth-order valence-electron chi connectivity index (χ4n) is 7.33. The van der Waals surface area contributed by atoms with E-state index in [9.17, 15) is 19.2 Å². The molecule has 0 aliphatic carbocycles. The summed E-state index contributed by atoms with van der Waals surface area (Å²) in [4.78, 5) is 49.5. The summed E-state index contributed by atoms with van der Waals surface area (Å²) < 4.78 is 26.6. The minimum Gasteiger partial charge on any atom is -0.435 e. The maximum Gasteiger partial charge on any atom is 0.335 e. The Hall–Kier alpha value is -9.38. The molecule has 0 amide bonds. The van der Waals surface area contributed by atoms with Crippen molar-refractivity contribution in [2.24, 2.45) is 0 Å². The standard InChI is InChI=1S/C61H49NO9/c1-5-58(63)68-42-67-38-37-43-17-27-50(28-18-43)62(51-29-19-44(20-30-51)39-56(46-13-10-9-11-14-46)47-23-33-53(34-24-47)69-59(64)6-2)52-31-21-45(22-32-52)40-57(48-25-35-54(36-26-48)70-60(65)7-3)49-15-12-16-55(41-49)71-61(66)8-4/h5-36,39-41H,1-4,37-38,42H2. The lowest BCUT2D eigenvalue weighted by molar-refractivity contribution is -0.150. The van der Waals surface area contributed by atoms with Crippen molar-refractivity contribution in [2.45, 2.75) is 6.42 Å². The van der Waals surface area contributed by atoms with E-state index < -0.39 is 23.9 Å². The zero-order valence-electron chi connectivity index (χ0n) is 38.8. The van der Waals surface area contributed by atoms with Gasteiger partial charge in [0.2, 0.25) is 0 Å². The lowest BCUT2D eigenvalue weighted by Crippen LogP contribution is -2.10. The first-order chi connectivity index (χ1) is 34.6. The highest BCUT2D eigenvalue weighted by atomic mass is 16.7. The van der Waals surface area contributed by atoms with E-state index in [4.69, 9.17) is 23.7 Å². The molecule has 0 radical (unpaired) electrons. The van der Waals surface area contributed by atoms with Crippen molar-refractivity contribution < 1.29 is 42.9 Å². The number of anilines is 3. The molecule has 0 atom stereocenters. The van der Waals surface area contributed by atoms with Gasteiger partial charge in [-0.15, -0.1) is 0 Å². The average Bonchev–Trinajstić information content (AvgIpc) is 3.41. The minimum atomic E-state index is -0.575. The molecule has 7 aromatic rings. The van der Waals surface area contributed by atoms with E-state index in [1.54, 1.807) is 42.5 Å². The van der Waals surface area contributed by atoms with Crippen LogP contribution in [0.4, 0.5) is 17.1 Å². The third-order valence-corrected chi connectivity index (χ3v) is 10.8. The maximum absolute atomic E-state index is 12.1. The monoisotopic (exact) mass is 939 g/mol. The van der Waals surface area contributed by atoms with E-state index in [0.29, 0.717) is 30.3 Å². The number of esters is 4. The number of carbonyl (C=O) groups is 4. The van der Waals surface area contributed by atoms with Crippen LogP contribution >= 0.6 is 0 Å². The molecule has 0 fully saturated rings. The quantitative estimate of drug-likeness (QED) is 0.0172. The molecule has 7 aromatic carbocycles. The Morgan fingerprint density at radius 1 is 0.423 bits per heavy atom. The summed E-state index contributed by atoms with van der Waals surface area (Å²) in [5, 5.41) is 0. The second-order valence-corrected chi connectivity index (χ2v) is 15.6. The molecular weight excluding hydrogens is 891 g/mol. The van der Waals surface area contributed by atoms with E-state index in [0.717, 1.165) is 91.5 Å². The van der Waals surface area contributed by atoms with Crippen molar-refractivity contribution >= 4 is 64.2 Å². The molecule has 0 aromatic heterocycles. The van der Waals surface area contributed by atoms with Crippen molar-refractivity contribution in [3.8, 4) is 17.2 Å². The predicted molar refractivity (Wildman–Crippen MR) is 279 cm³/mol. The molecule has 7 rings (SSSR count). The first-order valence-corrected chi connectivity index (χ1v) is 22.4. The van der Waals surface area contributed by atoms with E-state index >= 15 is 0 Å². The summed E-state index contributed by atoms with van der Waals surface area (Å²) in [6.07, 6.45) is 9.20. The Labute approximate surface area is 413 Å². The molecule has 0 unspecified atom stereocenters. The summed E-state index contributed by atoms with van der Waals surface area (Å²) in [6.45, 7) is 14.1. The van der Waals surface area contributed by atoms with Crippen LogP contribution in [0.3, 0.4) is 0 Å². The molecule has 0 heterocycles. The van der Waals surface area contributed by atoms with E-state index in [1.807, 2.05) is 91.0 Å². The lowest BCUT2D eigenvalue weighted by atomic mass is 9.95. The van der Waals surface area contributed by atoms with Gasteiger partial charge in [0.05, 0.1) is 6.61 Å². The summed E-state index contributed by atoms with van der Waals surface area (Å²) in [7, 11) is 0. The Kier molecular flexibility index (Phi) is 17.1. The average molecular weight is 940 g/mol. The molecular formula is C61H49NO9. The van der Waals surface area contributed by atoms with Crippen LogP contribution in [0.25, 0.3) is 23.3 Å². The van der Waals surface area contributed by atoms with Gasteiger partial charge in [0.1, 0.15) is 17.2 Å². The van der Waals surface area contributed by atoms with Gasteiger partial charge in [0.25, 0.3) is 0 Å². The van der Waals surface area contributed by atoms with Gasteiger partial charge < -0.3 is 28.6 Å². The third kappa shape index (κ3) is 13.9. The molecule has 0 saturated carbocycles. The molecule has 0 N–H and O–H groups in total. The number of rotatable bonds is 21. The number of hydrogen-bond donors (Lipinski definition) is 0. The van der Waals surface area contributed by atoms with Crippen LogP contribution in [-0.2, 0) is 35.1 Å². The van der Waals surface area contributed by atoms with Gasteiger partial charge in [-0.25, -0.2) is 19.2 Å². The van der Waals surface area contributed by atoms with Gasteiger partial charge in [-0.1, -0.05) is 129 Å². The van der Waals surface area contributed by atoms with Crippen LogP contribution in [0.15, 0.2) is 227 Å². The third-order valence-electron chi connectivity index (χ3n) is 10.8. The Morgan fingerprint density at radius 2 is 0.845 bits per heavy atom. The minimum absolute atomic E-state index is 0.155. The van der Waals surface area contributed by atoms with Gasteiger partial charge in [0.15, 0.2) is 6.79 Å². The summed E-state index contributed by atoms with van der Waals surface area (Å²) in [5.74, 6) is -1.07. The normalized spacial score (nSPS) is 11.1. The molecule has 0 bridgehead atoms. The SMILES string of the molecule is C=CC(=O)OCOCCc1ccc(N(c2ccc(C=C(c3ccccc3)c3ccc(OC(=O)C=C)cc3)cc2)c2ccc(C=C(c3ccc(OC(=O)C=C)cc3)c3cccc(OC(=O)C=C)c3)cc2)cc1. The number of hydrogen-bond acceptors (Lipinski definition) is 10. The number of ether oxygens (including phenoxy) is 5. The Morgan fingerprint density at radius 3 is 1.32 bits per heavy atom. The first-order valence-electron chi connectivity index (χ1n) is 22.4. The molecule has 352 valence electrons. The molecule has 10 heteroatoms. The number of benzene rings is 7. The number of carbonyl (C=O) groups excluding carboxylic acids is 4. The highest BCUT2D eigenvalue weighted by Gasteiger charge is 2.15. The zero-order valence-corrected chi connectivity index (χ0v) is 38.8. The molecule has 10 nitrogen and oxygen atoms in total. The van der Waals surface area contributed by atoms with Crippen molar-refractivity contribution in [2.75, 3.05) is 18.3 Å². The summed E-state index contributed by atoms with van der Waals surface area (Å²) in [6, 6.07) is 56.4. The largest absolute Gasteiger partial charge is 0.435 e. The van der Waals surface area contributed by atoms with E-state index in [2.05, 4.69) is 85.8 Å². The van der Waals surface area contributed by atoms with Crippen molar-refractivity contribution in [3.63, 3.8) is 0 Å². The molecule has 71 heavy (non-hydrogen) atoms. The summed E-state index contributed by atoms with van der Waals surface area (Å²) in [5.41, 5.74) is 10.9. The van der Waals surface area contributed by atoms with E-state index in [1.165, 1.54) is 0 Å². The van der Waals surface area contributed by atoms with Crippen molar-refractivity contribution in [1.82, 2.24) is 0 Å². The Bertz CT molecular complexity index is 3080. The highest BCUT2D eigenvalue weighted by molar-refractivity contribution is 5.94. The van der Waals surface area contributed by atoms with Gasteiger partial charge in [-0.05, 0) is 141 Å². The second-order valence-electron chi connectivity index (χ2n) is 15.6. The topological polar surface area (TPSA) is 118 Å². The fourth-order valence-corrected chi connectivity index (χ4v) is 7.33. The van der Waals surface area contributed by atoms with Crippen LogP contribution < -0.4 is 19.1 Å². The first kappa shape index (κ1) is 49.5.